The SMILES string of the molecule is CCCCN(C(=O)NCC(OC)C(=O)O)c1ccccc1. The molecule has 21 heavy (non-hydrogen) atoms. The van der Waals surface area contributed by atoms with Crippen molar-refractivity contribution in [3.63, 3.8) is 0 Å². The van der Waals surface area contributed by atoms with Crippen LogP contribution in [0.15, 0.2) is 30.3 Å². The number of ether oxygens (including phenoxy) is 1. The second-order valence-electron chi connectivity index (χ2n) is 4.59. The van der Waals surface area contributed by atoms with E-state index in [1.54, 1.807) is 4.90 Å². The molecule has 1 atom stereocenters. The molecule has 0 heterocycles. The number of hydrogen-bond donors (Lipinski definition) is 2. The predicted octanol–water partition coefficient (Wildman–Crippen LogP) is 2.10. The number of aliphatic carboxylic acids is 1. The summed E-state index contributed by atoms with van der Waals surface area (Å²) in [7, 11) is 1.30. The first-order chi connectivity index (χ1) is 10.1. The number of rotatable bonds is 8. The molecule has 0 saturated carbocycles. The molecule has 1 aromatic carbocycles. The van der Waals surface area contributed by atoms with E-state index in [0.29, 0.717) is 6.54 Å². The highest BCUT2D eigenvalue weighted by Crippen LogP contribution is 2.14. The largest absolute Gasteiger partial charge is 0.479 e. The topological polar surface area (TPSA) is 78.9 Å². The van der Waals surface area contributed by atoms with Gasteiger partial charge in [-0.1, -0.05) is 31.5 Å². The Morgan fingerprint density at radius 2 is 2.00 bits per heavy atom. The molecule has 6 heteroatoms. The molecule has 116 valence electrons. The van der Waals surface area contributed by atoms with Crippen LogP contribution in [0, 0.1) is 0 Å². The summed E-state index contributed by atoms with van der Waals surface area (Å²) in [4.78, 5) is 24.7. The number of unbranched alkanes of at least 4 members (excludes halogenated alkanes) is 1. The Morgan fingerprint density at radius 1 is 1.33 bits per heavy atom. The van der Waals surface area contributed by atoms with Crippen LogP contribution < -0.4 is 10.2 Å². The molecule has 0 aliphatic heterocycles. The van der Waals surface area contributed by atoms with Gasteiger partial charge in [0.25, 0.3) is 0 Å². The number of para-hydroxylation sites is 1. The molecule has 1 unspecified atom stereocenters. The van der Waals surface area contributed by atoms with Crippen molar-refractivity contribution >= 4 is 17.7 Å². The number of carbonyl (C=O) groups is 2. The van der Waals surface area contributed by atoms with Crippen LogP contribution in [0.4, 0.5) is 10.5 Å². The number of urea groups is 1. The van der Waals surface area contributed by atoms with Crippen LogP contribution in [0.2, 0.25) is 0 Å². The second kappa shape index (κ2) is 8.97. The Kier molecular flexibility index (Phi) is 7.25. The fourth-order valence-corrected chi connectivity index (χ4v) is 1.82. The summed E-state index contributed by atoms with van der Waals surface area (Å²) in [6.45, 7) is 2.56. The number of carbonyl (C=O) groups excluding carboxylic acids is 1. The molecule has 0 aromatic heterocycles. The third-order valence-corrected chi connectivity index (χ3v) is 3.05. The molecule has 0 spiro atoms. The van der Waals surface area contributed by atoms with Crippen molar-refractivity contribution < 1.29 is 19.4 Å². The molecule has 0 aliphatic carbocycles. The second-order valence-corrected chi connectivity index (χ2v) is 4.59. The lowest BCUT2D eigenvalue weighted by Gasteiger charge is -2.24. The first-order valence-electron chi connectivity index (χ1n) is 6.96. The van der Waals surface area contributed by atoms with Crippen LogP contribution in [0.25, 0.3) is 0 Å². The van der Waals surface area contributed by atoms with E-state index in [9.17, 15) is 9.59 Å². The van der Waals surface area contributed by atoms with Gasteiger partial charge in [-0.3, -0.25) is 4.90 Å². The molecular formula is C15H22N2O4. The summed E-state index contributed by atoms with van der Waals surface area (Å²) >= 11 is 0. The minimum absolute atomic E-state index is 0.0693. The van der Waals surface area contributed by atoms with Crippen LogP contribution in [0.5, 0.6) is 0 Å². The number of benzene rings is 1. The minimum atomic E-state index is -1.10. The molecule has 0 radical (unpaired) electrons. The Balaban J connectivity index is 2.70. The molecule has 1 rings (SSSR count). The molecule has 0 fully saturated rings. The lowest BCUT2D eigenvalue weighted by atomic mass is 10.2. The van der Waals surface area contributed by atoms with E-state index in [-0.39, 0.29) is 12.6 Å². The number of anilines is 1. The number of methoxy groups -OCH3 is 1. The van der Waals surface area contributed by atoms with E-state index < -0.39 is 12.1 Å². The normalized spacial score (nSPS) is 11.7. The van der Waals surface area contributed by atoms with Gasteiger partial charge in [0.15, 0.2) is 6.10 Å². The van der Waals surface area contributed by atoms with Gasteiger partial charge >= 0.3 is 12.0 Å². The lowest BCUT2D eigenvalue weighted by molar-refractivity contribution is -0.147. The van der Waals surface area contributed by atoms with E-state index in [4.69, 9.17) is 9.84 Å². The van der Waals surface area contributed by atoms with Crippen molar-refractivity contribution in [2.24, 2.45) is 0 Å². The minimum Gasteiger partial charge on any atom is -0.479 e. The van der Waals surface area contributed by atoms with Crippen molar-refractivity contribution in [3.05, 3.63) is 30.3 Å². The summed E-state index contributed by atoms with van der Waals surface area (Å²) in [5, 5.41) is 11.5. The highest BCUT2D eigenvalue weighted by Gasteiger charge is 2.20. The molecule has 2 amide bonds. The Hall–Kier alpha value is -2.08. The average molecular weight is 294 g/mol. The number of carboxylic acid groups (broad SMARTS) is 1. The zero-order chi connectivity index (χ0) is 15.7. The van der Waals surface area contributed by atoms with E-state index in [1.165, 1.54) is 7.11 Å². The fraction of sp³-hybridized carbons (Fsp3) is 0.467. The molecule has 0 bridgehead atoms. The first kappa shape index (κ1) is 17.0. The van der Waals surface area contributed by atoms with Crippen molar-refractivity contribution in [3.8, 4) is 0 Å². The molecule has 2 N–H and O–H groups in total. The third-order valence-electron chi connectivity index (χ3n) is 3.05. The molecule has 6 nitrogen and oxygen atoms in total. The zero-order valence-electron chi connectivity index (χ0n) is 12.4. The Morgan fingerprint density at radius 3 is 2.52 bits per heavy atom. The summed E-state index contributed by atoms with van der Waals surface area (Å²) in [5.74, 6) is -1.10. The van der Waals surface area contributed by atoms with E-state index in [0.717, 1.165) is 18.5 Å². The van der Waals surface area contributed by atoms with Gasteiger partial charge < -0.3 is 15.2 Å². The predicted molar refractivity (Wildman–Crippen MR) is 80.5 cm³/mol. The summed E-state index contributed by atoms with van der Waals surface area (Å²) < 4.78 is 4.80. The number of nitrogens with one attached hydrogen (secondary N) is 1. The highest BCUT2D eigenvalue weighted by atomic mass is 16.5. The van der Waals surface area contributed by atoms with Crippen molar-refractivity contribution in [1.29, 1.82) is 0 Å². The van der Waals surface area contributed by atoms with Gasteiger partial charge in [-0.2, -0.15) is 0 Å². The number of nitrogens with zero attached hydrogens (tertiary/aromatic N) is 1. The van der Waals surface area contributed by atoms with Crippen LogP contribution in [-0.4, -0.2) is 43.4 Å². The quantitative estimate of drug-likeness (QED) is 0.769. The van der Waals surface area contributed by atoms with Gasteiger partial charge in [-0.15, -0.1) is 0 Å². The molecule has 1 aromatic rings. The highest BCUT2D eigenvalue weighted by molar-refractivity contribution is 5.92. The van der Waals surface area contributed by atoms with Crippen molar-refractivity contribution in [1.82, 2.24) is 5.32 Å². The zero-order valence-corrected chi connectivity index (χ0v) is 12.4. The monoisotopic (exact) mass is 294 g/mol. The van der Waals surface area contributed by atoms with Crippen LogP contribution in [-0.2, 0) is 9.53 Å². The van der Waals surface area contributed by atoms with Gasteiger partial charge in [-0.25, -0.2) is 9.59 Å². The maximum absolute atomic E-state index is 12.3. The lowest BCUT2D eigenvalue weighted by Crippen LogP contribution is -2.45. The average Bonchev–Trinajstić information content (AvgIpc) is 2.49. The first-order valence-corrected chi connectivity index (χ1v) is 6.96. The van der Waals surface area contributed by atoms with Gasteiger partial charge in [0.05, 0.1) is 6.54 Å². The van der Waals surface area contributed by atoms with E-state index in [1.807, 2.05) is 37.3 Å². The Labute approximate surface area is 124 Å². The summed E-state index contributed by atoms with van der Waals surface area (Å²) in [6.07, 6.45) is 0.791. The fourth-order valence-electron chi connectivity index (χ4n) is 1.82. The van der Waals surface area contributed by atoms with Crippen LogP contribution in [0.1, 0.15) is 19.8 Å². The number of hydrogen-bond acceptors (Lipinski definition) is 3. The van der Waals surface area contributed by atoms with Crippen LogP contribution >= 0.6 is 0 Å². The van der Waals surface area contributed by atoms with Gasteiger partial charge in [0.2, 0.25) is 0 Å². The van der Waals surface area contributed by atoms with Crippen molar-refractivity contribution in [2.45, 2.75) is 25.9 Å². The summed E-state index contributed by atoms with van der Waals surface area (Å²) in [5.41, 5.74) is 0.785. The van der Waals surface area contributed by atoms with E-state index >= 15 is 0 Å². The third kappa shape index (κ3) is 5.43. The maximum atomic E-state index is 12.3. The van der Waals surface area contributed by atoms with Gasteiger partial charge in [0.1, 0.15) is 0 Å². The Bertz CT molecular complexity index is 450. The number of carboxylic acids is 1. The van der Waals surface area contributed by atoms with Crippen molar-refractivity contribution in [2.75, 3.05) is 25.1 Å². The van der Waals surface area contributed by atoms with Gasteiger partial charge in [0, 0.05) is 19.3 Å². The summed E-state index contributed by atoms with van der Waals surface area (Å²) in [6, 6.07) is 8.97. The molecule has 0 saturated heterocycles. The molecule has 0 aliphatic rings. The molecular weight excluding hydrogens is 272 g/mol. The van der Waals surface area contributed by atoms with E-state index in [2.05, 4.69) is 5.32 Å². The van der Waals surface area contributed by atoms with Crippen LogP contribution in [0.3, 0.4) is 0 Å². The smallest absolute Gasteiger partial charge is 0.334 e. The standard InChI is InChI=1S/C15H22N2O4/c1-3-4-10-17(12-8-6-5-7-9-12)15(20)16-11-13(21-2)14(18)19/h5-9,13H,3-4,10-11H2,1-2H3,(H,16,20)(H,18,19). The number of amides is 2. The van der Waals surface area contributed by atoms with Gasteiger partial charge in [-0.05, 0) is 18.6 Å². The maximum Gasteiger partial charge on any atom is 0.334 e.